The average Bonchev–Trinajstić information content (AvgIpc) is 2.94. The van der Waals surface area contributed by atoms with Crippen molar-refractivity contribution in [1.82, 2.24) is 15.1 Å². The number of hydrogen-bond acceptors (Lipinski definition) is 5. The highest BCUT2D eigenvalue weighted by Crippen LogP contribution is 2.31. The number of aliphatic carboxylic acids is 1. The van der Waals surface area contributed by atoms with E-state index in [9.17, 15) is 9.90 Å². The van der Waals surface area contributed by atoms with Crippen LogP contribution in [0.4, 0.5) is 0 Å². The molecule has 0 bridgehead atoms. The molecule has 2 heterocycles. The molecule has 0 amide bonds. The molecular weight excluding hydrogens is 258 g/mol. The lowest BCUT2D eigenvalue weighted by atomic mass is 9.79. The van der Waals surface area contributed by atoms with Crippen LogP contribution in [-0.2, 0) is 11.2 Å². The van der Waals surface area contributed by atoms with E-state index in [0.29, 0.717) is 30.3 Å². The number of hydrogen-bond donors (Lipinski definition) is 1. The molecule has 0 spiro atoms. The largest absolute Gasteiger partial charge is 0.481 e. The Morgan fingerprint density at radius 1 is 1.35 bits per heavy atom. The number of carbonyl (C=O) groups is 1. The molecule has 0 aliphatic carbocycles. The molecule has 0 radical (unpaired) electrons. The van der Waals surface area contributed by atoms with Crippen molar-refractivity contribution in [2.45, 2.75) is 33.1 Å². The fourth-order valence-electron chi connectivity index (χ4n) is 2.09. The van der Waals surface area contributed by atoms with Crippen molar-refractivity contribution in [3.8, 4) is 11.5 Å². The summed E-state index contributed by atoms with van der Waals surface area (Å²) in [7, 11) is 0. The van der Waals surface area contributed by atoms with Gasteiger partial charge in [0.2, 0.25) is 11.7 Å². The summed E-state index contributed by atoms with van der Waals surface area (Å²) in [5, 5.41) is 13.3. The molecule has 0 saturated heterocycles. The zero-order valence-corrected chi connectivity index (χ0v) is 11.5. The van der Waals surface area contributed by atoms with E-state index in [1.54, 1.807) is 18.3 Å². The molecule has 0 atom stereocenters. The molecule has 0 fully saturated rings. The number of aromatic nitrogens is 3. The minimum absolute atomic E-state index is 0.231. The third-order valence-electron chi connectivity index (χ3n) is 3.66. The van der Waals surface area contributed by atoms with Gasteiger partial charge in [0.1, 0.15) is 5.69 Å². The Hall–Kier alpha value is -2.24. The van der Waals surface area contributed by atoms with E-state index in [2.05, 4.69) is 15.1 Å². The third kappa shape index (κ3) is 2.68. The van der Waals surface area contributed by atoms with Crippen LogP contribution in [0.1, 0.15) is 32.6 Å². The van der Waals surface area contributed by atoms with Gasteiger partial charge in [-0.15, -0.1) is 0 Å². The lowest BCUT2D eigenvalue weighted by Crippen LogP contribution is -2.32. The first-order valence-corrected chi connectivity index (χ1v) is 6.58. The van der Waals surface area contributed by atoms with Gasteiger partial charge >= 0.3 is 5.97 Å². The van der Waals surface area contributed by atoms with Gasteiger partial charge in [-0.2, -0.15) is 4.98 Å². The van der Waals surface area contributed by atoms with Gasteiger partial charge in [0.15, 0.2) is 0 Å². The second-order valence-corrected chi connectivity index (χ2v) is 4.70. The Balaban J connectivity index is 2.23. The van der Waals surface area contributed by atoms with Gasteiger partial charge in [-0.25, -0.2) is 0 Å². The lowest BCUT2D eigenvalue weighted by Gasteiger charge is -2.24. The first kappa shape index (κ1) is 14.2. The van der Waals surface area contributed by atoms with E-state index < -0.39 is 11.4 Å². The zero-order valence-electron chi connectivity index (χ0n) is 11.5. The van der Waals surface area contributed by atoms with Crippen LogP contribution in [0, 0.1) is 5.41 Å². The van der Waals surface area contributed by atoms with Crippen molar-refractivity contribution in [3.05, 3.63) is 30.3 Å². The van der Waals surface area contributed by atoms with Crippen LogP contribution in [0.25, 0.3) is 11.5 Å². The van der Waals surface area contributed by atoms with Crippen LogP contribution in [-0.4, -0.2) is 26.2 Å². The summed E-state index contributed by atoms with van der Waals surface area (Å²) in [6, 6.07) is 5.41. The van der Waals surface area contributed by atoms with Gasteiger partial charge in [0.25, 0.3) is 0 Å². The number of nitrogens with zero attached hydrogens (tertiary/aromatic N) is 3. The van der Waals surface area contributed by atoms with Crippen molar-refractivity contribution >= 4 is 5.97 Å². The first-order valence-electron chi connectivity index (χ1n) is 6.58. The van der Waals surface area contributed by atoms with Gasteiger partial charge in [-0.05, 0) is 25.0 Å². The topological polar surface area (TPSA) is 89.1 Å². The number of rotatable bonds is 6. The normalized spacial score (nSPS) is 11.5. The number of carboxylic acid groups (broad SMARTS) is 1. The van der Waals surface area contributed by atoms with Crippen molar-refractivity contribution < 1.29 is 14.4 Å². The van der Waals surface area contributed by atoms with E-state index in [1.807, 2.05) is 19.9 Å². The second-order valence-electron chi connectivity index (χ2n) is 4.70. The van der Waals surface area contributed by atoms with E-state index in [0.717, 1.165) is 0 Å². The maximum atomic E-state index is 11.5. The Morgan fingerprint density at radius 2 is 2.10 bits per heavy atom. The summed E-state index contributed by atoms with van der Waals surface area (Å²) in [6.45, 7) is 3.71. The van der Waals surface area contributed by atoms with Crippen LogP contribution in [0.5, 0.6) is 0 Å². The van der Waals surface area contributed by atoms with Crippen LogP contribution in [0.15, 0.2) is 28.9 Å². The predicted octanol–water partition coefficient (Wildman–Crippen LogP) is 2.57. The Morgan fingerprint density at radius 3 is 2.65 bits per heavy atom. The maximum absolute atomic E-state index is 11.5. The van der Waals surface area contributed by atoms with Gasteiger partial charge in [-0.1, -0.05) is 25.1 Å². The summed E-state index contributed by atoms with van der Waals surface area (Å²) < 4.78 is 5.16. The molecule has 0 aliphatic rings. The summed E-state index contributed by atoms with van der Waals surface area (Å²) in [5.41, 5.74) is -0.245. The zero-order chi connectivity index (χ0) is 14.6. The fraction of sp³-hybridized carbons (Fsp3) is 0.429. The smallest absolute Gasteiger partial charge is 0.310 e. The molecule has 0 aliphatic heterocycles. The molecule has 1 N–H and O–H groups in total. The highest BCUT2D eigenvalue weighted by Gasteiger charge is 2.37. The molecule has 6 heteroatoms. The summed E-state index contributed by atoms with van der Waals surface area (Å²) in [6.07, 6.45) is 2.90. The molecule has 0 aromatic carbocycles. The maximum Gasteiger partial charge on any atom is 0.310 e. The highest BCUT2D eigenvalue weighted by atomic mass is 16.5. The molecule has 20 heavy (non-hydrogen) atoms. The standard InChI is InChI=1S/C14H17N3O3/c1-3-14(4-2,13(18)19)9-11-16-12(17-20-11)10-7-5-6-8-15-10/h5-8H,3-4,9H2,1-2H3,(H,18,19). The quantitative estimate of drug-likeness (QED) is 0.871. The lowest BCUT2D eigenvalue weighted by molar-refractivity contribution is -0.149. The summed E-state index contributed by atoms with van der Waals surface area (Å²) in [4.78, 5) is 19.8. The summed E-state index contributed by atoms with van der Waals surface area (Å²) in [5.74, 6) is -0.121. The highest BCUT2D eigenvalue weighted by molar-refractivity contribution is 5.74. The van der Waals surface area contributed by atoms with Gasteiger partial charge in [-0.3, -0.25) is 9.78 Å². The third-order valence-corrected chi connectivity index (χ3v) is 3.66. The number of carboxylic acids is 1. The molecule has 2 aromatic rings. The Bertz CT molecular complexity index is 576. The van der Waals surface area contributed by atoms with E-state index in [1.165, 1.54) is 0 Å². The van der Waals surface area contributed by atoms with Gasteiger partial charge in [0, 0.05) is 12.6 Å². The van der Waals surface area contributed by atoms with Crippen LogP contribution < -0.4 is 0 Å². The van der Waals surface area contributed by atoms with Crippen LogP contribution in [0.3, 0.4) is 0 Å². The van der Waals surface area contributed by atoms with Crippen LogP contribution >= 0.6 is 0 Å². The molecule has 2 rings (SSSR count). The van der Waals surface area contributed by atoms with E-state index in [4.69, 9.17) is 4.52 Å². The van der Waals surface area contributed by atoms with E-state index >= 15 is 0 Å². The molecular formula is C14H17N3O3. The molecule has 0 saturated carbocycles. The summed E-state index contributed by atoms with van der Waals surface area (Å²) >= 11 is 0. The SMILES string of the molecule is CCC(CC)(Cc1nc(-c2ccccn2)no1)C(=O)O. The minimum atomic E-state index is -0.853. The monoisotopic (exact) mass is 275 g/mol. The molecule has 6 nitrogen and oxygen atoms in total. The minimum Gasteiger partial charge on any atom is -0.481 e. The molecule has 106 valence electrons. The van der Waals surface area contributed by atoms with E-state index in [-0.39, 0.29) is 6.42 Å². The van der Waals surface area contributed by atoms with Crippen molar-refractivity contribution in [2.75, 3.05) is 0 Å². The second kappa shape index (κ2) is 5.81. The Kier molecular flexibility index (Phi) is 4.12. The van der Waals surface area contributed by atoms with Crippen LogP contribution in [0.2, 0.25) is 0 Å². The number of pyridine rings is 1. The molecule has 2 aromatic heterocycles. The fourth-order valence-corrected chi connectivity index (χ4v) is 2.09. The Labute approximate surface area is 116 Å². The molecule has 0 unspecified atom stereocenters. The van der Waals surface area contributed by atoms with Crippen molar-refractivity contribution in [2.24, 2.45) is 5.41 Å². The van der Waals surface area contributed by atoms with Crippen molar-refractivity contribution in [3.63, 3.8) is 0 Å². The van der Waals surface area contributed by atoms with Gasteiger partial charge in [0.05, 0.1) is 5.41 Å². The first-order chi connectivity index (χ1) is 9.61. The van der Waals surface area contributed by atoms with Crippen molar-refractivity contribution in [1.29, 1.82) is 0 Å². The van der Waals surface area contributed by atoms with Gasteiger partial charge < -0.3 is 9.63 Å². The average molecular weight is 275 g/mol. The predicted molar refractivity (Wildman–Crippen MR) is 71.9 cm³/mol.